The van der Waals surface area contributed by atoms with E-state index in [0.717, 1.165) is 35.8 Å². The molecule has 5 nitrogen and oxygen atoms in total. The van der Waals surface area contributed by atoms with Crippen molar-refractivity contribution in [2.75, 3.05) is 25.5 Å². The molecule has 0 amide bonds. The summed E-state index contributed by atoms with van der Waals surface area (Å²) < 4.78 is 5.40. The molecule has 0 aromatic carbocycles. The Hall–Kier alpha value is -0.0800. The number of ether oxygens (including phenoxy) is 1. The summed E-state index contributed by atoms with van der Waals surface area (Å²) in [6.07, 6.45) is 0. The third kappa shape index (κ3) is 3.38. The third-order valence-corrected chi connectivity index (χ3v) is 5.67. The lowest BCUT2D eigenvalue weighted by Crippen LogP contribution is -2.33. The highest BCUT2D eigenvalue weighted by atomic mass is 35.5. The SMILES string of the molecule is CC1(C)CN2C(CSC3=N[C@H]4COC[C@H]4N3)=CSC2=N1.Cl.Cl. The Bertz CT molecular complexity index is 538. The lowest BCUT2D eigenvalue weighted by molar-refractivity contribution is 0.188. The van der Waals surface area contributed by atoms with Crippen LogP contribution in [0.3, 0.4) is 0 Å². The van der Waals surface area contributed by atoms with Gasteiger partial charge in [0.05, 0.1) is 30.8 Å². The standard InChI is InChI=1S/C13H18N4OS2.2ClH/c1-13(2)7-17-8(6-20-12(17)16-13)5-19-11-14-9-3-18-4-10(9)15-11;;/h6,9-10H,3-5,7H2,1-2H3,(H,14,15);2*1H/t9-,10+;;. The lowest BCUT2D eigenvalue weighted by Gasteiger charge is -2.20. The average Bonchev–Trinajstić information content (AvgIpc) is 3.05. The molecule has 124 valence electrons. The van der Waals surface area contributed by atoms with E-state index in [4.69, 9.17) is 9.73 Å². The van der Waals surface area contributed by atoms with Gasteiger partial charge >= 0.3 is 0 Å². The summed E-state index contributed by atoms with van der Waals surface area (Å²) in [4.78, 5) is 11.8. The van der Waals surface area contributed by atoms with Crippen molar-refractivity contribution in [1.29, 1.82) is 0 Å². The number of amidine groups is 2. The van der Waals surface area contributed by atoms with Crippen molar-refractivity contribution in [1.82, 2.24) is 10.2 Å². The van der Waals surface area contributed by atoms with Gasteiger partial charge in [-0.1, -0.05) is 23.5 Å². The van der Waals surface area contributed by atoms with Gasteiger partial charge in [-0.05, 0) is 19.3 Å². The van der Waals surface area contributed by atoms with E-state index in [1.54, 1.807) is 23.5 Å². The van der Waals surface area contributed by atoms with E-state index in [1.807, 2.05) is 0 Å². The minimum Gasteiger partial charge on any atom is -0.377 e. The molecular formula is C13H20Cl2N4OS2. The van der Waals surface area contributed by atoms with E-state index in [1.165, 1.54) is 5.70 Å². The maximum absolute atomic E-state index is 5.40. The predicted octanol–water partition coefficient (Wildman–Crippen LogP) is 2.33. The molecule has 1 fully saturated rings. The van der Waals surface area contributed by atoms with Crippen LogP contribution >= 0.6 is 48.3 Å². The lowest BCUT2D eigenvalue weighted by atomic mass is 10.1. The van der Waals surface area contributed by atoms with Crippen molar-refractivity contribution in [3.63, 3.8) is 0 Å². The van der Waals surface area contributed by atoms with E-state index < -0.39 is 0 Å². The van der Waals surface area contributed by atoms with E-state index in [2.05, 4.69) is 34.5 Å². The molecule has 0 aromatic rings. The minimum absolute atomic E-state index is 0. The molecule has 4 aliphatic rings. The molecule has 1 N–H and O–H groups in total. The van der Waals surface area contributed by atoms with Gasteiger partial charge in [-0.3, -0.25) is 9.98 Å². The minimum atomic E-state index is 0. The third-order valence-electron chi connectivity index (χ3n) is 3.82. The highest BCUT2D eigenvalue weighted by Crippen LogP contribution is 2.36. The van der Waals surface area contributed by atoms with Crippen LogP contribution in [0, 0.1) is 0 Å². The smallest absolute Gasteiger partial charge is 0.168 e. The van der Waals surface area contributed by atoms with Gasteiger partial charge in [0.1, 0.15) is 0 Å². The van der Waals surface area contributed by atoms with Crippen molar-refractivity contribution < 1.29 is 4.74 Å². The van der Waals surface area contributed by atoms with Crippen LogP contribution in [0.5, 0.6) is 0 Å². The van der Waals surface area contributed by atoms with Crippen LogP contribution in [0.25, 0.3) is 0 Å². The Morgan fingerprint density at radius 3 is 3.05 bits per heavy atom. The van der Waals surface area contributed by atoms with Gasteiger partial charge in [0.25, 0.3) is 0 Å². The molecule has 0 unspecified atom stereocenters. The van der Waals surface area contributed by atoms with Crippen molar-refractivity contribution in [3.05, 3.63) is 11.1 Å². The van der Waals surface area contributed by atoms with Crippen molar-refractivity contribution in [2.45, 2.75) is 31.5 Å². The number of nitrogens with zero attached hydrogens (tertiary/aromatic N) is 3. The molecule has 0 radical (unpaired) electrons. The molecule has 4 heterocycles. The summed E-state index contributed by atoms with van der Waals surface area (Å²) >= 11 is 3.54. The van der Waals surface area contributed by atoms with Gasteiger partial charge in [-0.2, -0.15) is 0 Å². The topological polar surface area (TPSA) is 49.2 Å². The Morgan fingerprint density at radius 1 is 1.45 bits per heavy atom. The summed E-state index contributed by atoms with van der Waals surface area (Å²) in [5.74, 6) is 0.953. The second-order valence-corrected chi connectivity index (χ2v) is 7.90. The summed E-state index contributed by atoms with van der Waals surface area (Å²) in [5.41, 5.74) is 1.39. The van der Waals surface area contributed by atoms with Crippen LogP contribution < -0.4 is 5.32 Å². The first-order valence-electron chi connectivity index (χ1n) is 6.89. The molecule has 0 aliphatic carbocycles. The monoisotopic (exact) mass is 382 g/mol. The van der Waals surface area contributed by atoms with Crippen LogP contribution in [-0.2, 0) is 4.74 Å². The van der Waals surface area contributed by atoms with Crippen LogP contribution in [0.4, 0.5) is 0 Å². The van der Waals surface area contributed by atoms with E-state index in [0.29, 0.717) is 12.1 Å². The average molecular weight is 383 g/mol. The Labute approximate surface area is 151 Å². The Morgan fingerprint density at radius 2 is 2.27 bits per heavy atom. The first kappa shape index (κ1) is 18.3. The number of nitrogens with one attached hydrogen (secondary N) is 1. The number of hydrogen-bond donors (Lipinski definition) is 1. The number of halogens is 2. The zero-order valence-corrected chi connectivity index (χ0v) is 15.7. The molecular weight excluding hydrogens is 363 g/mol. The highest BCUT2D eigenvalue weighted by Gasteiger charge is 2.37. The fourth-order valence-corrected chi connectivity index (χ4v) is 4.93. The van der Waals surface area contributed by atoms with Gasteiger partial charge in [0, 0.05) is 18.0 Å². The molecule has 0 aromatic heterocycles. The Balaban J connectivity index is 0.000000882. The second kappa shape index (κ2) is 6.81. The molecule has 1 saturated heterocycles. The van der Waals surface area contributed by atoms with Gasteiger partial charge < -0.3 is 15.0 Å². The molecule has 2 atom stereocenters. The molecule has 0 bridgehead atoms. The largest absolute Gasteiger partial charge is 0.377 e. The van der Waals surface area contributed by atoms with E-state index >= 15 is 0 Å². The van der Waals surface area contributed by atoms with Crippen LogP contribution in [0.1, 0.15) is 13.8 Å². The quantitative estimate of drug-likeness (QED) is 0.793. The maximum Gasteiger partial charge on any atom is 0.168 e. The van der Waals surface area contributed by atoms with Crippen LogP contribution in [-0.4, -0.2) is 58.4 Å². The van der Waals surface area contributed by atoms with Crippen molar-refractivity contribution in [3.8, 4) is 0 Å². The van der Waals surface area contributed by atoms with Gasteiger partial charge in [-0.15, -0.1) is 24.8 Å². The number of fused-ring (bicyclic) bond motifs is 2. The summed E-state index contributed by atoms with van der Waals surface area (Å²) in [6.45, 7) is 6.91. The van der Waals surface area contributed by atoms with Gasteiger partial charge in [-0.25, -0.2) is 0 Å². The normalized spacial score (nSPS) is 30.5. The number of aliphatic imine (C=N–C) groups is 2. The van der Waals surface area contributed by atoms with Crippen molar-refractivity contribution >= 4 is 58.7 Å². The first-order chi connectivity index (χ1) is 9.61. The summed E-state index contributed by atoms with van der Waals surface area (Å²) in [6, 6.07) is 0.722. The first-order valence-corrected chi connectivity index (χ1v) is 8.75. The van der Waals surface area contributed by atoms with Crippen molar-refractivity contribution in [2.24, 2.45) is 9.98 Å². The molecule has 4 rings (SSSR count). The van der Waals surface area contributed by atoms with Crippen LogP contribution in [0.15, 0.2) is 21.1 Å². The van der Waals surface area contributed by atoms with E-state index in [9.17, 15) is 0 Å². The zero-order chi connectivity index (χ0) is 13.7. The maximum atomic E-state index is 5.40. The fourth-order valence-electron chi connectivity index (χ4n) is 2.80. The highest BCUT2D eigenvalue weighted by molar-refractivity contribution is 8.17. The fraction of sp³-hybridized carbons (Fsp3) is 0.692. The molecule has 4 aliphatic heterocycles. The van der Waals surface area contributed by atoms with Crippen LogP contribution in [0.2, 0.25) is 0 Å². The number of rotatable bonds is 2. The molecule has 9 heteroatoms. The Kier molecular flexibility index (Phi) is 5.65. The second-order valence-electron chi connectivity index (χ2n) is 6.10. The summed E-state index contributed by atoms with van der Waals surface area (Å²) in [5, 5.41) is 7.90. The van der Waals surface area contributed by atoms with E-state index in [-0.39, 0.29) is 30.4 Å². The summed E-state index contributed by atoms with van der Waals surface area (Å²) in [7, 11) is 0. The molecule has 0 saturated carbocycles. The van der Waals surface area contributed by atoms with Gasteiger partial charge in [0.2, 0.25) is 0 Å². The number of hydrogen-bond acceptors (Lipinski definition) is 7. The van der Waals surface area contributed by atoms with Gasteiger partial charge in [0.15, 0.2) is 10.3 Å². The molecule has 22 heavy (non-hydrogen) atoms. The zero-order valence-electron chi connectivity index (χ0n) is 12.4. The molecule has 0 spiro atoms. The number of thioether (sulfide) groups is 2. The predicted molar refractivity (Wildman–Crippen MR) is 99.8 cm³/mol.